The third kappa shape index (κ3) is 39.7. The van der Waals surface area contributed by atoms with E-state index in [0.717, 1.165) is 0 Å². The van der Waals surface area contributed by atoms with Crippen LogP contribution in [0.4, 0.5) is 0 Å². The number of hydrogen-bond donors (Lipinski definition) is 2. The van der Waals surface area contributed by atoms with E-state index in [9.17, 15) is 9.59 Å². The average molecular weight is 250 g/mol. The minimum Gasteiger partial charge on any atom is -0.450 e. The Hall–Kier alpha value is -1.10. The molecular weight excluding hydrogens is 220 g/mol. The summed E-state index contributed by atoms with van der Waals surface area (Å²) in [5.41, 5.74) is -0.0775. The molecule has 0 aliphatic rings. The van der Waals surface area contributed by atoms with Gasteiger partial charge in [-0.2, -0.15) is 0 Å². The van der Waals surface area contributed by atoms with Gasteiger partial charge < -0.3 is 10.1 Å². The highest BCUT2D eigenvalue weighted by Crippen LogP contribution is 1.96. The standard InChI is InChI=1S/C6H13NO.C4H9NO2.2CH4/c1-5(8)7-6(2,3)4;1-4(6)7-3-5-2;;/h1-4H3,(H,7,8);5H,3H2,1-2H3;2*1H4. The molecule has 0 rings (SSSR count). The van der Waals surface area contributed by atoms with Crippen molar-refractivity contribution in [2.45, 2.75) is 55.0 Å². The molecule has 0 aromatic rings. The first-order chi connectivity index (χ1) is 6.69. The van der Waals surface area contributed by atoms with E-state index in [0.29, 0.717) is 6.73 Å². The van der Waals surface area contributed by atoms with Gasteiger partial charge in [0.15, 0.2) is 0 Å². The van der Waals surface area contributed by atoms with Gasteiger partial charge >= 0.3 is 5.97 Å². The Balaban J connectivity index is -0.0000000896. The Bertz CT molecular complexity index is 198. The quantitative estimate of drug-likeness (QED) is 0.580. The molecule has 2 N–H and O–H groups in total. The van der Waals surface area contributed by atoms with E-state index in [1.165, 1.54) is 13.8 Å². The van der Waals surface area contributed by atoms with Gasteiger partial charge in [0.2, 0.25) is 5.91 Å². The van der Waals surface area contributed by atoms with Gasteiger partial charge in [0.1, 0.15) is 6.73 Å². The molecule has 0 spiro atoms. The van der Waals surface area contributed by atoms with E-state index in [1.807, 2.05) is 20.8 Å². The highest BCUT2D eigenvalue weighted by Gasteiger charge is 2.08. The van der Waals surface area contributed by atoms with Crippen LogP contribution < -0.4 is 10.6 Å². The molecule has 0 aromatic heterocycles. The second-order valence-corrected chi connectivity index (χ2v) is 4.06. The number of esters is 1. The minimum atomic E-state index is -0.255. The summed E-state index contributed by atoms with van der Waals surface area (Å²) in [6, 6.07) is 0. The zero-order valence-electron chi connectivity index (χ0n) is 10.4. The normalized spacial score (nSPS) is 8.59. The van der Waals surface area contributed by atoms with Gasteiger partial charge in [-0.15, -0.1) is 0 Å². The zero-order chi connectivity index (χ0) is 12.5. The Morgan fingerprint density at radius 2 is 1.53 bits per heavy atom. The number of nitrogens with one attached hydrogen (secondary N) is 2. The molecule has 106 valence electrons. The number of carbonyl (C=O) groups excluding carboxylic acids is 2. The summed E-state index contributed by atoms with van der Waals surface area (Å²) in [5.74, 6) is -0.230. The minimum absolute atomic E-state index is 0. The third-order valence-electron chi connectivity index (χ3n) is 0.971. The first kappa shape index (κ1) is 24.9. The lowest BCUT2D eigenvalue weighted by atomic mass is 10.1. The summed E-state index contributed by atoms with van der Waals surface area (Å²) in [4.78, 5) is 20.3. The maximum absolute atomic E-state index is 10.3. The molecule has 5 heteroatoms. The first-order valence-corrected chi connectivity index (χ1v) is 4.75. The summed E-state index contributed by atoms with van der Waals surface area (Å²) in [7, 11) is 1.71. The van der Waals surface area contributed by atoms with Gasteiger partial charge in [-0.1, -0.05) is 14.9 Å². The Morgan fingerprint density at radius 1 is 1.12 bits per heavy atom. The largest absolute Gasteiger partial charge is 0.450 e. The lowest BCUT2D eigenvalue weighted by Gasteiger charge is -2.18. The summed E-state index contributed by atoms with van der Waals surface area (Å²) in [6.07, 6.45) is 0. The predicted octanol–water partition coefficient (Wildman–Crippen LogP) is 1.92. The van der Waals surface area contributed by atoms with Crippen LogP contribution in [0.1, 0.15) is 49.5 Å². The molecule has 0 atom stereocenters. The fourth-order valence-electron chi connectivity index (χ4n) is 0.702. The van der Waals surface area contributed by atoms with Gasteiger partial charge in [-0.3, -0.25) is 14.9 Å². The summed E-state index contributed by atoms with van der Waals surface area (Å²) >= 11 is 0. The number of amides is 1. The van der Waals surface area contributed by atoms with Crippen LogP contribution >= 0.6 is 0 Å². The molecule has 0 fully saturated rings. The highest BCUT2D eigenvalue weighted by atomic mass is 16.5. The molecule has 0 aromatic carbocycles. The van der Waals surface area contributed by atoms with Crippen LogP contribution in [0.25, 0.3) is 0 Å². The predicted molar refractivity (Wildman–Crippen MR) is 72.7 cm³/mol. The maximum Gasteiger partial charge on any atom is 0.303 e. The Kier molecular flexibility index (Phi) is 19.0. The molecule has 5 nitrogen and oxygen atoms in total. The van der Waals surface area contributed by atoms with E-state index in [-0.39, 0.29) is 32.3 Å². The van der Waals surface area contributed by atoms with Crippen LogP contribution in [0, 0.1) is 0 Å². The molecule has 1 amide bonds. The fourth-order valence-corrected chi connectivity index (χ4v) is 0.702. The van der Waals surface area contributed by atoms with Crippen molar-refractivity contribution < 1.29 is 14.3 Å². The monoisotopic (exact) mass is 250 g/mol. The topological polar surface area (TPSA) is 67.4 Å². The summed E-state index contributed by atoms with van der Waals surface area (Å²) in [6.45, 7) is 9.05. The summed E-state index contributed by atoms with van der Waals surface area (Å²) < 4.78 is 4.44. The first-order valence-electron chi connectivity index (χ1n) is 4.75. The number of ether oxygens (including phenoxy) is 1. The van der Waals surface area contributed by atoms with Gasteiger partial charge in [-0.05, 0) is 27.8 Å². The zero-order valence-corrected chi connectivity index (χ0v) is 10.4. The van der Waals surface area contributed by atoms with Crippen LogP contribution in [-0.2, 0) is 14.3 Å². The smallest absolute Gasteiger partial charge is 0.303 e. The third-order valence-corrected chi connectivity index (χ3v) is 0.971. The van der Waals surface area contributed by atoms with Crippen molar-refractivity contribution >= 4 is 11.9 Å². The Morgan fingerprint density at radius 3 is 1.59 bits per heavy atom. The van der Waals surface area contributed by atoms with E-state index in [1.54, 1.807) is 7.05 Å². The SMILES string of the molecule is C.C.CC(=O)NC(C)(C)C.CNCOC(C)=O. The Labute approximate surface area is 106 Å². The lowest BCUT2D eigenvalue weighted by Crippen LogP contribution is -2.38. The number of rotatable bonds is 2. The number of hydrogen-bond acceptors (Lipinski definition) is 4. The fraction of sp³-hybridized carbons (Fsp3) is 0.833. The molecule has 0 aliphatic carbocycles. The molecule has 0 aliphatic heterocycles. The highest BCUT2D eigenvalue weighted by molar-refractivity contribution is 5.73. The van der Waals surface area contributed by atoms with Crippen molar-refractivity contribution in [3.8, 4) is 0 Å². The molecule has 17 heavy (non-hydrogen) atoms. The maximum atomic E-state index is 10.3. The van der Waals surface area contributed by atoms with Crippen molar-refractivity contribution in [1.29, 1.82) is 0 Å². The molecule has 0 radical (unpaired) electrons. The van der Waals surface area contributed by atoms with Crippen molar-refractivity contribution in [3.05, 3.63) is 0 Å². The van der Waals surface area contributed by atoms with Crippen LogP contribution in [0.5, 0.6) is 0 Å². The van der Waals surface area contributed by atoms with Crippen LogP contribution in [-0.4, -0.2) is 31.2 Å². The second-order valence-electron chi connectivity index (χ2n) is 4.06. The van der Waals surface area contributed by atoms with Crippen molar-refractivity contribution in [2.75, 3.05) is 13.8 Å². The van der Waals surface area contributed by atoms with Gasteiger partial charge in [0.05, 0.1) is 0 Å². The lowest BCUT2D eigenvalue weighted by molar-refractivity contribution is -0.141. The molecule has 0 heterocycles. The van der Waals surface area contributed by atoms with Gasteiger partial charge in [-0.25, -0.2) is 0 Å². The van der Waals surface area contributed by atoms with E-state index in [2.05, 4.69) is 15.4 Å². The van der Waals surface area contributed by atoms with Crippen molar-refractivity contribution in [1.82, 2.24) is 10.6 Å². The van der Waals surface area contributed by atoms with Crippen LogP contribution in [0.15, 0.2) is 0 Å². The molecular formula is C12H30N2O3. The van der Waals surface area contributed by atoms with Crippen molar-refractivity contribution in [2.24, 2.45) is 0 Å². The molecule has 0 unspecified atom stereocenters. The van der Waals surface area contributed by atoms with Crippen molar-refractivity contribution in [3.63, 3.8) is 0 Å². The van der Waals surface area contributed by atoms with Crippen LogP contribution in [0.3, 0.4) is 0 Å². The van der Waals surface area contributed by atoms with Gasteiger partial charge in [0.25, 0.3) is 0 Å². The number of carbonyl (C=O) groups is 2. The van der Waals surface area contributed by atoms with Gasteiger partial charge in [0, 0.05) is 19.4 Å². The average Bonchev–Trinajstić information content (AvgIpc) is 1.96. The molecule has 0 saturated heterocycles. The van der Waals surface area contributed by atoms with E-state index >= 15 is 0 Å². The second kappa shape index (κ2) is 13.0. The summed E-state index contributed by atoms with van der Waals surface area (Å²) in [5, 5.41) is 5.40. The van der Waals surface area contributed by atoms with E-state index < -0.39 is 0 Å². The van der Waals surface area contributed by atoms with E-state index in [4.69, 9.17) is 0 Å². The van der Waals surface area contributed by atoms with Crippen LogP contribution in [0.2, 0.25) is 0 Å². The molecule has 0 bridgehead atoms. The molecule has 0 saturated carbocycles.